The number of hydrogen-bond donors (Lipinski definition) is 1. The second-order valence-corrected chi connectivity index (χ2v) is 8.27. The van der Waals surface area contributed by atoms with Gasteiger partial charge in [0.1, 0.15) is 17.0 Å². The lowest BCUT2D eigenvalue weighted by molar-refractivity contribution is 0.0538. The van der Waals surface area contributed by atoms with Crippen LogP contribution in [0.5, 0.6) is 0 Å². The van der Waals surface area contributed by atoms with E-state index in [0.717, 1.165) is 23.7 Å². The summed E-state index contributed by atoms with van der Waals surface area (Å²) in [5.74, 6) is -3.06. The summed E-state index contributed by atoms with van der Waals surface area (Å²) in [6, 6.07) is 6.17. The number of nitrogens with zero attached hydrogens (tertiary/aromatic N) is 5. The summed E-state index contributed by atoms with van der Waals surface area (Å²) in [6.45, 7) is 2.77. The normalized spacial score (nSPS) is 18.4. The molecule has 1 fully saturated rings. The zero-order valence-corrected chi connectivity index (χ0v) is 18.2. The van der Waals surface area contributed by atoms with Crippen LogP contribution in [0.2, 0.25) is 0 Å². The maximum Gasteiger partial charge on any atom is 0.295 e. The fraction of sp³-hybridized carbons (Fsp3) is 0.304. The number of nitrogens with one attached hydrogen (secondary N) is 1. The smallest absolute Gasteiger partial charge is 0.295 e. The molecule has 11 heteroatoms. The van der Waals surface area contributed by atoms with Gasteiger partial charge in [-0.2, -0.15) is 15.2 Å². The van der Waals surface area contributed by atoms with Crippen LogP contribution in [-0.4, -0.2) is 49.9 Å². The minimum absolute atomic E-state index is 0.0356. The predicted molar refractivity (Wildman–Crippen MR) is 117 cm³/mol. The second kappa shape index (κ2) is 8.81. The molecule has 1 saturated heterocycles. The van der Waals surface area contributed by atoms with Gasteiger partial charge in [0.25, 0.3) is 11.9 Å². The van der Waals surface area contributed by atoms with Crippen LogP contribution in [0.3, 0.4) is 0 Å². The summed E-state index contributed by atoms with van der Waals surface area (Å²) in [4.78, 5) is 20.4. The van der Waals surface area contributed by atoms with Crippen molar-refractivity contribution in [3.05, 3.63) is 65.7 Å². The Morgan fingerprint density at radius 2 is 1.97 bits per heavy atom. The standard InChI is InChI=1S/C23H21F3N6O2/c1-13-3-2-10-31(18(13)12-27-23-30-17-7-4-14(24)11-19(17)34-23)22(33)15-5-6-16(25)20(26)21(15)32-28-8-9-29-32/h4-9,11,13,18H,2-3,10,12H2,1H3,(H,27,30). The van der Waals surface area contributed by atoms with Crippen LogP contribution < -0.4 is 5.32 Å². The van der Waals surface area contributed by atoms with Crippen LogP contribution >= 0.6 is 0 Å². The zero-order valence-electron chi connectivity index (χ0n) is 18.2. The van der Waals surface area contributed by atoms with E-state index in [9.17, 15) is 18.0 Å². The molecule has 2 atom stereocenters. The molecule has 176 valence electrons. The van der Waals surface area contributed by atoms with Gasteiger partial charge in [-0.3, -0.25) is 4.79 Å². The van der Waals surface area contributed by atoms with E-state index in [-0.39, 0.29) is 29.2 Å². The van der Waals surface area contributed by atoms with E-state index in [4.69, 9.17) is 4.42 Å². The number of anilines is 1. The Morgan fingerprint density at radius 1 is 1.18 bits per heavy atom. The van der Waals surface area contributed by atoms with Crippen LogP contribution in [0.25, 0.3) is 16.8 Å². The summed E-state index contributed by atoms with van der Waals surface area (Å²) in [5, 5.41) is 10.9. The molecule has 8 nitrogen and oxygen atoms in total. The molecule has 2 unspecified atom stereocenters. The van der Waals surface area contributed by atoms with Crippen LogP contribution in [0.4, 0.5) is 19.2 Å². The van der Waals surface area contributed by atoms with E-state index >= 15 is 0 Å². The fourth-order valence-electron chi connectivity index (χ4n) is 4.37. The molecule has 1 aliphatic rings. The number of hydrogen-bond acceptors (Lipinski definition) is 6. The molecule has 0 aliphatic carbocycles. The molecular weight excluding hydrogens is 449 g/mol. The lowest BCUT2D eigenvalue weighted by Crippen LogP contribution is -2.51. The number of carbonyl (C=O) groups excluding carboxylic acids is 1. The number of amides is 1. The molecule has 4 aromatic rings. The highest BCUT2D eigenvalue weighted by molar-refractivity contribution is 5.98. The first-order valence-electron chi connectivity index (χ1n) is 10.9. The van der Waals surface area contributed by atoms with Crippen molar-refractivity contribution >= 4 is 23.0 Å². The predicted octanol–water partition coefficient (Wildman–Crippen LogP) is 4.18. The summed E-state index contributed by atoms with van der Waals surface area (Å²) in [6.07, 6.45) is 4.30. The summed E-state index contributed by atoms with van der Waals surface area (Å²) in [5.41, 5.74) is 0.449. The first-order chi connectivity index (χ1) is 16.4. The van der Waals surface area contributed by atoms with Crippen molar-refractivity contribution in [2.24, 2.45) is 5.92 Å². The quantitative estimate of drug-likeness (QED) is 0.471. The third kappa shape index (κ3) is 3.97. The fourth-order valence-corrected chi connectivity index (χ4v) is 4.37. The minimum Gasteiger partial charge on any atom is -0.423 e. The van der Waals surface area contributed by atoms with E-state index < -0.39 is 23.4 Å². The topological polar surface area (TPSA) is 89.1 Å². The highest BCUT2D eigenvalue weighted by Crippen LogP contribution is 2.29. The van der Waals surface area contributed by atoms with Gasteiger partial charge in [-0.15, -0.1) is 4.80 Å². The van der Waals surface area contributed by atoms with E-state index in [1.807, 2.05) is 6.92 Å². The lowest BCUT2D eigenvalue weighted by Gasteiger charge is -2.40. The molecule has 1 aliphatic heterocycles. The Bertz CT molecular complexity index is 1340. The monoisotopic (exact) mass is 470 g/mol. The van der Waals surface area contributed by atoms with Crippen molar-refractivity contribution in [1.82, 2.24) is 24.9 Å². The molecule has 0 radical (unpaired) electrons. The molecule has 1 amide bonds. The third-order valence-corrected chi connectivity index (χ3v) is 6.11. The molecule has 5 rings (SSSR count). The van der Waals surface area contributed by atoms with Gasteiger partial charge in [-0.1, -0.05) is 6.92 Å². The molecule has 0 saturated carbocycles. The Balaban J connectivity index is 1.43. The number of oxazole rings is 1. The summed E-state index contributed by atoms with van der Waals surface area (Å²) in [7, 11) is 0. The highest BCUT2D eigenvalue weighted by Gasteiger charge is 2.35. The Morgan fingerprint density at radius 3 is 2.76 bits per heavy atom. The number of piperidine rings is 1. The number of halogens is 3. The minimum atomic E-state index is -1.19. The highest BCUT2D eigenvalue weighted by atomic mass is 19.2. The van der Waals surface area contributed by atoms with Gasteiger partial charge in [0, 0.05) is 19.2 Å². The Hall–Kier alpha value is -3.89. The molecule has 3 heterocycles. The molecule has 34 heavy (non-hydrogen) atoms. The van der Waals surface area contributed by atoms with Gasteiger partial charge in [0.05, 0.1) is 24.0 Å². The number of rotatable bonds is 5. The molecular formula is C23H21F3N6O2. The van der Waals surface area contributed by atoms with Gasteiger partial charge < -0.3 is 14.6 Å². The molecule has 0 spiro atoms. The van der Waals surface area contributed by atoms with Crippen LogP contribution in [0, 0.1) is 23.4 Å². The number of likely N-dealkylation sites (tertiary alicyclic amines) is 1. The van der Waals surface area contributed by atoms with E-state index in [0.29, 0.717) is 24.2 Å². The van der Waals surface area contributed by atoms with Crippen molar-refractivity contribution in [3.63, 3.8) is 0 Å². The Kier molecular flexibility index (Phi) is 5.68. The third-order valence-electron chi connectivity index (χ3n) is 6.11. The second-order valence-electron chi connectivity index (χ2n) is 8.27. The number of benzene rings is 2. The van der Waals surface area contributed by atoms with Crippen molar-refractivity contribution < 1.29 is 22.4 Å². The largest absolute Gasteiger partial charge is 0.423 e. The van der Waals surface area contributed by atoms with Crippen molar-refractivity contribution in [2.45, 2.75) is 25.8 Å². The molecule has 0 bridgehead atoms. The average Bonchev–Trinajstić information content (AvgIpc) is 3.49. The van der Waals surface area contributed by atoms with Gasteiger partial charge in [-0.25, -0.2) is 13.2 Å². The summed E-state index contributed by atoms with van der Waals surface area (Å²) >= 11 is 0. The number of fused-ring (bicyclic) bond motifs is 1. The number of aromatic nitrogens is 4. The van der Waals surface area contributed by atoms with Crippen LogP contribution in [-0.2, 0) is 0 Å². The van der Waals surface area contributed by atoms with E-state index in [1.54, 1.807) is 4.90 Å². The lowest BCUT2D eigenvalue weighted by atomic mass is 9.90. The molecule has 1 N–H and O–H groups in total. The van der Waals surface area contributed by atoms with Gasteiger partial charge >= 0.3 is 0 Å². The maximum atomic E-state index is 14.7. The van der Waals surface area contributed by atoms with Crippen molar-refractivity contribution in [3.8, 4) is 5.69 Å². The van der Waals surface area contributed by atoms with Crippen LogP contribution in [0.15, 0.2) is 47.1 Å². The van der Waals surface area contributed by atoms with Gasteiger partial charge in [0.2, 0.25) is 0 Å². The first-order valence-corrected chi connectivity index (χ1v) is 10.9. The molecule has 2 aromatic carbocycles. The first kappa shape index (κ1) is 21.9. The van der Waals surface area contributed by atoms with Crippen molar-refractivity contribution in [2.75, 3.05) is 18.4 Å². The van der Waals surface area contributed by atoms with Gasteiger partial charge in [-0.05, 0) is 43.0 Å². The van der Waals surface area contributed by atoms with Crippen molar-refractivity contribution in [1.29, 1.82) is 0 Å². The maximum absolute atomic E-state index is 14.7. The average molecular weight is 470 g/mol. The van der Waals surface area contributed by atoms with E-state index in [1.165, 1.54) is 36.7 Å². The molecule has 2 aromatic heterocycles. The number of carbonyl (C=O) groups is 1. The zero-order chi connectivity index (χ0) is 23.8. The van der Waals surface area contributed by atoms with Crippen LogP contribution in [0.1, 0.15) is 30.1 Å². The van der Waals surface area contributed by atoms with Gasteiger partial charge in [0.15, 0.2) is 17.2 Å². The SMILES string of the molecule is CC1CCCN(C(=O)c2ccc(F)c(F)c2-n2nccn2)C1CNc1nc2ccc(F)cc2o1. The van der Waals surface area contributed by atoms with E-state index in [2.05, 4.69) is 20.5 Å². The Labute approximate surface area is 192 Å². The summed E-state index contributed by atoms with van der Waals surface area (Å²) < 4.78 is 47.7.